The molecule has 6 nitrogen and oxygen atoms in total. The van der Waals surface area contributed by atoms with Crippen molar-refractivity contribution in [3.05, 3.63) is 77.1 Å². The zero-order chi connectivity index (χ0) is 24.0. The minimum absolute atomic E-state index is 0.248. The number of anilines is 1. The summed E-state index contributed by atoms with van der Waals surface area (Å²) in [5.74, 6) is 1.02. The Morgan fingerprint density at radius 2 is 1.91 bits per heavy atom. The summed E-state index contributed by atoms with van der Waals surface area (Å²) >= 11 is 6.16. The zero-order valence-corrected chi connectivity index (χ0v) is 20.3. The summed E-state index contributed by atoms with van der Waals surface area (Å²) in [5.41, 5.74) is 3.07. The van der Waals surface area contributed by atoms with E-state index in [2.05, 4.69) is 39.5 Å². The maximum absolute atomic E-state index is 8.88. The molecule has 2 aromatic carbocycles. The third kappa shape index (κ3) is 5.54. The highest BCUT2D eigenvalue weighted by atomic mass is 35.5. The van der Waals surface area contributed by atoms with Gasteiger partial charge in [0.05, 0.1) is 24.1 Å². The third-order valence-corrected chi connectivity index (χ3v) is 6.58. The van der Waals surface area contributed by atoms with Crippen LogP contribution in [0.2, 0.25) is 5.02 Å². The fourth-order valence-electron chi connectivity index (χ4n) is 4.58. The maximum atomic E-state index is 8.88. The van der Waals surface area contributed by atoms with Gasteiger partial charge in [-0.15, -0.1) is 0 Å². The Morgan fingerprint density at radius 3 is 2.80 bits per heavy atom. The van der Waals surface area contributed by atoms with Gasteiger partial charge in [0.25, 0.3) is 0 Å². The van der Waals surface area contributed by atoms with Gasteiger partial charge in [0, 0.05) is 59.8 Å². The van der Waals surface area contributed by atoms with E-state index in [9.17, 15) is 0 Å². The van der Waals surface area contributed by atoms with Gasteiger partial charge >= 0.3 is 0 Å². The van der Waals surface area contributed by atoms with Gasteiger partial charge in [0.2, 0.25) is 0 Å². The molecule has 1 aliphatic rings. The van der Waals surface area contributed by atoms with Gasteiger partial charge < -0.3 is 15.0 Å². The molecule has 35 heavy (non-hydrogen) atoms. The van der Waals surface area contributed by atoms with E-state index in [1.54, 1.807) is 0 Å². The molecule has 178 valence electrons. The van der Waals surface area contributed by atoms with E-state index in [0.29, 0.717) is 11.4 Å². The molecule has 1 saturated heterocycles. The monoisotopic (exact) mass is 485 g/mol. The van der Waals surface area contributed by atoms with Crippen LogP contribution < -0.4 is 10.2 Å². The van der Waals surface area contributed by atoms with Gasteiger partial charge in [-0.1, -0.05) is 35.9 Å². The predicted molar refractivity (Wildman–Crippen MR) is 141 cm³/mol. The predicted octanol–water partition coefficient (Wildman–Crippen LogP) is 5.28. The Labute approximate surface area is 210 Å². The van der Waals surface area contributed by atoms with Gasteiger partial charge in [0.15, 0.2) is 0 Å². The minimum Gasteiger partial charge on any atom is -0.375 e. The quantitative estimate of drug-likeness (QED) is 0.243. The number of ether oxygens (including phenoxy) is 1. The summed E-state index contributed by atoms with van der Waals surface area (Å²) in [6.07, 6.45) is 6.46. The molecular weight excluding hydrogens is 458 g/mol. The van der Waals surface area contributed by atoms with Crippen LogP contribution in [0.5, 0.6) is 0 Å². The zero-order valence-electron chi connectivity index (χ0n) is 19.6. The van der Waals surface area contributed by atoms with Crippen LogP contribution in [0.15, 0.2) is 60.9 Å². The Morgan fingerprint density at radius 1 is 1.06 bits per heavy atom. The lowest BCUT2D eigenvalue weighted by molar-refractivity contribution is 0.0321. The smallest absolute Gasteiger partial charge is 0.137 e. The second kappa shape index (κ2) is 11.0. The largest absolute Gasteiger partial charge is 0.375 e. The van der Waals surface area contributed by atoms with E-state index >= 15 is 0 Å². The molecule has 0 amide bonds. The molecule has 0 unspecified atom stereocenters. The molecule has 0 aliphatic carbocycles. The lowest BCUT2D eigenvalue weighted by Gasteiger charge is -2.40. The molecular formula is C28H28ClN5O. The molecule has 0 spiro atoms. The SMILES string of the molecule is N#CCc1cc(Cl)cc(CNCCCCOC2CN(c3nc4ccccc4c4cnccc34)C2)c1. The normalized spacial score (nSPS) is 13.8. The lowest BCUT2D eigenvalue weighted by atomic mass is 10.1. The molecule has 3 heterocycles. The van der Waals surface area contributed by atoms with Gasteiger partial charge in [-0.05, 0) is 54.8 Å². The van der Waals surface area contributed by atoms with Crippen molar-refractivity contribution < 1.29 is 4.74 Å². The number of aromatic nitrogens is 2. The van der Waals surface area contributed by atoms with Crippen molar-refractivity contribution in [3.8, 4) is 6.07 Å². The van der Waals surface area contributed by atoms with Crippen LogP contribution in [0.3, 0.4) is 0 Å². The van der Waals surface area contributed by atoms with Crippen molar-refractivity contribution in [2.24, 2.45) is 0 Å². The van der Waals surface area contributed by atoms with E-state index < -0.39 is 0 Å². The summed E-state index contributed by atoms with van der Waals surface area (Å²) in [6.45, 7) is 4.15. The van der Waals surface area contributed by atoms with Gasteiger partial charge in [-0.2, -0.15) is 5.26 Å². The van der Waals surface area contributed by atoms with E-state index in [4.69, 9.17) is 26.6 Å². The van der Waals surface area contributed by atoms with Crippen LogP contribution >= 0.6 is 11.6 Å². The van der Waals surface area contributed by atoms with Crippen molar-refractivity contribution in [3.63, 3.8) is 0 Å². The van der Waals surface area contributed by atoms with E-state index in [-0.39, 0.29) is 6.10 Å². The molecule has 1 N–H and O–H groups in total. The molecule has 5 rings (SSSR count). The molecule has 7 heteroatoms. The summed E-state index contributed by atoms with van der Waals surface area (Å²) in [7, 11) is 0. The second-order valence-electron chi connectivity index (χ2n) is 8.96. The van der Waals surface area contributed by atoms with E-state index in [1.165, 1.54) is 0 Å². The van der Waals surface area contributed by atoms with Crippen LogP contribution in [-0.2, 0) is 17.7 Å². The van der Waals surface area contributed by atoms with Crippen molar-refractivity contribution >= 4 is 39.1 Å². The van der Waals surface area contributed by atoms with Crippen molar-refractivity contribution in [2.75, 3.05) is 31.1 Å². The fraction of sp³-hybridized carbons (Fsp3) is 0.321. The Hall–Kier alpha value is -3.24. The Kier molecular flexibility index (Phi) is 7.39. The average Bonchev–Trinajstić information content (AvgIpc) is 2.84. The highest BCUT2D eigenvalue weighted by molar-refractivity contribution is 6.30. The number of nitriles is 1. The lowest BCUT2D eigenvalue weighted by Crippen LogP contribution is -2.52. The molecule has 1 fully saturated rings. The Bertz CT molecular complexity index is 1360. The molecule has 0 saturated carbocycles. The molecule has 2 aromatic heterocycles. The highest BCUT2D eigenvalue weighted by Gasteiger charge is 2.30. The second-order valence-corrected chi connectivity index (χ2v) is 9.39. The number of nitrogens with one attached hydrogen (secondary N) is 1. The van der Waals surface area contributed by atoms with Crippen molar-refractivity contribution in [1.82, 2.24) is 15.3 Å². The summed E-state index contributed by atoms with van der Waals surface area (Å²) in [5, 5.41) is 16.4. The molecule has 0 bridgehead atoms. The number of fused-ring (bicyclic) bond motifs is 3. The van der Waals surface area contributed by atoms with Crippen LogP contribution in [0.1, 0.15) is 24.0 Å². The topological polar surface area (TPSA) is 74.1 Å². The van der Waals surface area contributed by atoms with E-state index in [0.717, 1.165) is 84.2 Å². The number of halogens is 1. The van der Waals surface area contributed by atoms with Gasteiger partial charge in [-0.3, -0.25) is 4.98 Å². The molecule has 1 aliphatic heterocycles. The fourth-order valence-corrected chi connectivity index (χ4v) is 4.86. The van der Waals surface area contributed by atoms with Crippen LogP contribution in [0, 0.1) is 11.3 Å². The third-order valence-electron chi connectivity index (χ3n) is 6.36. The molecule has 0 radical (unpaired) electrons. The number of pyridine rings is 2. The average molecular weight is 486 g/mol. The van der Waals surface area contributed by atoms with Crippen molar-refractivity contribution in [2.45, 2.75) is 31.9 Å². The number of unbranched alkanes of at least 4 members (excludes halogenated alkanes) is 1. The molecule has 4 aromatic rings. The van der Waals surface area contributed by atoms with Gasteiger partial charge in [0.1, 0.15) is 5.82 Å². The first-order chi connectivity index (χ1) is 17.2. The minimum atomic E-state index is 0.248. The summed E-state index contributed by atoms with van der Waals surface area (Å²) in [4.78, 5) is 11.6. The number of hydrogen-bond donors (Lipinski definition) is 1. The number of nitrogens with zero attached hydrogens (tertiary/aromatic N) is 4. The number of hydrogen-bond acceptors (Lipinski definition) is 6. The number of benzene rings is 2. The van der Waals surface area contributed by atoms with E-state index in [1.807, 2.05) is 42.7 Å². The standard InChI is InChI=1S/C28H28ClN5O/c29-22-14-20(7-9-30)13-21(15-22)16-31-10-3-4-12-35-23-18-34(19-23)28-25-8-11-32-17-26(25)24-5-1-2-6-27(24)33-28/h1-2,5-6,8,11,13-15,17,23,31H,3-4,7,10,12,16,18-19H2. The Balaban J connectivity index is 1.05. The first kappa shape index (κ1) is 23.5. The van der Waals surface area contributed by atoms with Crippen LogP contribution in [-0.4, -0.2) is 42.3 Å². The van der Waals surface area contributed by atoms with Crippen molar-refractivity contribution in [1.29, 1.82) is 5.26 Å². The van der Waals surface area contributed by atoms with Crippen LogP contribution in [0.4, 0.5) is 5.82 Å². The summed E-state index contributed by atoms with van der Waals surface area (Å²) < 4.78 is 6.09. The number of para-hydroxylation sites is 1. The maximum Gasteiger partial charge on any atom is 0.137 e. The first-order valence-corrected chi connectivity index (χ1v) is 12.4. The highest BCUT2D eigenvalue weighted by Crippen LogP contribution is 2.33. The first-order valence-electron chi connectivity index (χ1n) is 12.1. The van der Waals surface area contributed by atoms with Gasteiger partial charge in [-0.25, -0.2) is 4.98 Å². The molecule has 0 atom stereocenters. The van der Waals surface area contributed by atoms with Crippen LogP contribution in [0.25, 0.3) is 21.7 Å². The summed E-state index contributed by atoms with van der Waals surface area (Å²) in [6, 6.07) is 18.3. The number of rotatable bonds is 10.